The summed E-state index contributed by atoms with van der Waals surface area (Å²) in [5.74, 6) is -0.445. The van der Waals surface area contributed by atoms with Gasteiger partial charge in [0.05, 0.1) is 24.8 Å². The Labute approximate surface area is 162 Å². The number of rotatable bonds is 7. The van der Waals surface area contributed by atoms with Crippen LogP contribution in [0.3, 0.4) is 0 Å². The lowest BCUT2D eigenvalue weighted by Crippen LogP contribution is -2.49. The lowest BCUT2D eigenvalue weighted by Gasteiger charge is -2.33. The van der Waals surface area contributed by atoms with Crippen molar-refractivity contribution in [2.24, 2.45) is 5.92 Å². The van der Waals surface area contributed by atoms with Crippen molar-refractivity contribution in [3.8, 4) is 0 Å². The van der Waals surface area contributed by atoms with Gasteiger partial charge in [-0.25, -0.2) is 0 Å². The zero-order chi connectivity index (χ0) is 20.7. The highest BCUT2D eigenvalue weighted by atomic mass is 19.4. The van der Waals surface area contributed by atoms with Crippen molar-refractivity contribution in [3.05, 3.63) is 35.4 Å². The Hall–Kier alpha value is -2.13. The molecule has 6 nitrogen and oxygen atoms in total. The highest BCUT2D eigenvalue weighted by Gasteiger charge is 2.30. The summed E-state index contributed by atoms with van der Waals surface area (Å²) in [6.07, 6.45) is -4.57. The zero-order valence-corrected chi connectivity index (χ0v) is 16.0. The van der Waals surface area contributed by atoms with E-state index in [0.717, 1.165) is 43.9 Å². The van der Waals surface area contributed by atoms with E-state index in [1.165, 1.54) is 0 Å². The molecule has 1 aromatic rings. The number of halogens is 3. The fourth-order valence-corrected chi connectivity index (χ4v) is 2.95. The van der Waals surface area contributed by atoms with E-state index < -0.39 is 17.6 Å². The summed E-state index contributed by atoms with van der Waals surface area (Å²) in [4.78, 5) is 26.2. The van der Waals surface area contributed by atoms with Crippen molar-refractivity contribution in [3.63, 3.8) is 0 Å². The van der Waals surface area contributed by atoms with Gasteiger partial charge in [0.25, 0.3) is 5.91 Å². The lowest BCUT2D eigenvalue weighted by molar-refractivity contribution is -0.137. The van der Waals surface area contributed by atoms with E-state index in [0.29, 0.717) is 19.1 Å². The summed E-state index contributed by atoms with van der Waals surface area (Å²) in [6, 6.07) is 3.82. The van der Waals surface area contributed by atoms with Crippen LogP contribution in [0.1, 0.15) is 29.8 Å². The second-order valence-corrected chi connectivity index (χ2v) is 7.21. The topological polar surface area (TPSA) is 70.7 Å². The Kier molecular flexibility index (Phi) is 7.82. The third-order valence-corrected chi connectivity index (χ3v) is 4.26. The zero-order valence-electron chi connectivity index (χ0n) is 16.0. The number of nitrogens with zero attached hydrogens (tertiary/aromatic N) is 1. The molecule has 0 radical (unpaired) electrons. The molecule has 1 atom stereocenters. The second kappa shape index (κ2) is 9.88. The first-order valence-corrected chi connectivity index (χ1v) is 9.21. The number of carbonyl (C=O) groups excluding carboxylic acids is 2. The van der Waals surface area contributed by atoms with Crippen LogP contribution in [0.4, 0.5) is 13.2 Å². The Morgan fingerprint density at radius 3 is 2.50 bits per heavy atom. The molecule has 1 aliphatic rings. The summed E-state index contributed by atoms with van der Waals surface area (Å²) < 4.78 is 43.2. The van der Waals surface area contributed by atoms with Crippen molar-refractivity contribution >= 4 is 11.8 Å². The quantitative estimate of drug-likeness (QED) is 0.732. The number of ether oxygens (including phenoxy) is 1. The summed E-state index contributed by atoms with van der Waals surface area (Å²) in [7, 11) is 0. The van der Waals surface area contributed by atoms with E-state index in [4.69, 9.17) is 4.74 Å². The number of carbonyl (C=O) groups is 2. The van der Waals surface area contributed by atoms with Crippen LogP contribution in [0.25, 0.3) is 0 Å². The molecule has 1 heterocycles. The molecule has 1 saturated heterocycles. The molecule has 0 bridgehead atoms. The maximum Gasteiger partial charge on any atom is 0.416 e. The minimum atomic E-state index is -4.46. The number of alkyl halides is 3. The van der Waals surface area contributed by atoms with Crippen LogP contribution in [-0.2, 0) is 15.7 Å². The normalized spacial score (nSPS) is 18.1. The molecule has 1 unspecified atom stereocenters. The van der Waals surface area contributed by atoms with Gasteiger partial charge in [-0.3, -0.25) is 14.5 Å². The third-order valence-electron chi connectivity index (χ3n) is 4.26. The van der Waals surface area contributed by atoms with Crippen molar-refractivity contribution in [1.82, 2.24) is 15.5 Å². The smallest absolute Gasteiger partial charge is 0.374 e. The van der Waals surface area contributed by atoms with Gasteiger partial charge in [0, 0.05) is 31.7 Å². The van der Waals surface area contributed by atoms with Crippen LogP contribution in [0.2, 0.25) is 0 Å². The van der Waals surface area contributed by atoms with Gasteiger partial charge in [-0.15, -0.1) is 0 Å². The average molecular weight is 401 g/mol. The van der Waals surface area contributed by atoms with Gasteiger partial charge in [-0.05, 0) is 30.2 Å². The van der Waals surface area contributed by atoms with Gasteiger partial charge in [0.15, 0.2) is 0 Å². The number of hydrogen-bond acceptors (Lipinski definition) is 4. The van der Waals surface area contributed by atoms with Gasteiger partial charge in [0.1, 0.15) is 0 Å². The van der Waals surface area contributed by atoms with Crippen LogP contribution in [0.15, 0.2) is 24.3 Å². The third kappa shape index (κ3) is 7.12. The number of hydrogen-bond donors (Lipinski definition) is 2. The molecule has 28 heavy (non-hydrogen) atoms. The van der Waals surface area contributed by atoms with Gasteiger partial charge in [-0.2, -0.15) is 13.2 Å². The number of benzene rings is 1. The van der Waals surface area contributed by atoms with Crippen LogP contribution < -0.4 is 10.6 Å². The van der Waals surface area contributed by atoms with Crippen molar-refractivity contribution < 1.29 is 27.5 Å². The molecular weight excluding hydrogens is 375 g/mol. The van der Waals surface area contributed by atoms with E-state index in [9.17, 15) is 22.8 Å². The van der Waals surface area contributed by atoms with Crippen molar-refractivity contribution in [2.75, 3.05) is 39.3 Å². The Morgan fingerprint density at radius 2 is 1.89 bits per heavy atom. The molecule has 1 aliphatic heterocycles. The average Bonchev–Trinajstić information content (AvgIpc) is 2.63. The second-order valence-electron chi connectivity index (χ2n) is 7.21. The maximum absolute atomic E-state index is 12.5. The highest BCUT2D eigenvalue weighted by Crippen LogP contribution is 2.29. The van der Waals surface area contributed by atoms with E-state index >= 15 is 0 Å². The summed E-state index contributed by atoms with van der Waals surface area (Å²) in [5.41, 5.74) is -0.776. The number of amides is 2. The largest absolute Gasteiger partial charge is 0.416 e. The van der Waals surface area contributed by atoms with Crippen molar-refractivity contribution in [1.29, 1.82) is 0 Å². The molecule has 156 valence electrons. The van der Waals surface area contributed by atoms with E-state index in [1.807, 2.05) is 0 Å². The van der Waals surface area contributed by atoms with Gasteiger partial charge >= 0.3 is 6.18 Å². The van der Waals surface area contributed by atoms with Gasteiger partial charge < -0.3 is 15.4 Å². The molecule has 0 aromatic heterocycles. The molecule has 2 amide bonds. The molecule has 0 saturated carbocycles. The summed E-state index contributed by atoms with van der Waals surface area (Å²) in [6.45, 7) is 7.54. The lowest BCUT2D eigenvalue weighted by atomic mass is 10.1. The number of morpholine rings is 1. The molecule has 1 aromatic carbocycles. The molecule has 0 aliphatic carbocycles. The Balaban J connectivity index is 1.72. The highest BCUT2D eigenvalue weighted by molar-refractivity contribution is 5.96. The van der Waals surface area contributed by atoms with Gasteiger partial charge in [0.2, 0.25) is 5.91 Å². The first-order chi connectivity index (χ1) is 13.1. The first kappa shape index (κ1) is 22.2. The van der Waals surface area contributed by atoms with E-state index in [-0.39, 0.29) is 24.1 Å². The first-order valence-electron chi connectivity index (χ1n) is 9.21. The van der Waals surface area contributed by atoms with E-state index in [1.54, 1.807) is 0 Å². The molecular formula is C19H26F3N3O3. The Morgan fingerprint density at radius 1 is 1.21 bits per heavy atom. The monoisotopic (exact) mass is 401 g/mol. The minimum Gasteiger partial charge on any atom is -0.374 e. The van der Waals surface area contributed by atoms with Crippen LogP contribution in [0, 0.1) is 5.92 Å². The summed E-state index contributed by atoms with van der Waals surface area (Å²) in [5, 5.41) is 5.10. The predicted octanol–water partition coefficient (Wildman–Crippen LogP) is 1.91. The SMILES string of the molecule is CC(C)CN1CCOC(CNC(=O)CNC(=O)c2ccc(C(F)(F)F)cc2)C1. The van der Waals surface area contributed by atoms with Crippen LogP contribution in [0.5, 0.6) is 0 Å². The van der Waals surface area contributed by atoms with Gasteiger partial charge in [-0.1, -0.05) is 13.8 Å². The Bertz CT molecular complexity index is 663. The van der Waals surface area contributed by atoms with Crippen molar-refractivity contribution in [2.45, 2.75) is 26.1 Å². The van der Waals surface area contributed by atoms with Crippen LogP contribution >= 0.6 is 0 Å². The van der Waals surface area contributed by atoms with Crippen LogP contribution in [-0.4, -0.2) is 62.1 Å². The standard InChI is InChI=1S/C19H26F3N3O3/c1-13(2)11-25-7-8-28-16(12-25)9-23-17(26)10-24-18(27)14-3-5-15(6-4-14)19(20,21)22/h3-6,13,16H,7-12H2,1-2H3,(H,23,26)(H,24,27). The fraction of sp³-hybridized carbons (Fsp3) is 0.579. The molecule has 1 fully saturated rings. The fourth-order valence-electron chi connectivity index (χ4n) is 2.95. The molecule has 2 N–H and O–H groups in total. The van der Waals surface area contributed by atoms with E-state index in [2.05, 4.69) is 29.4 Å². The minimum absolute atomic E-state index is 0.0562. The number of nitrogens with one attached hydrogen (secondary N) is 2. The maximum atomic E-state index is 12.5. The molecule has 9 heteroatoms. The molecule has 0 spiro atoms. The molecule has 2 rings (SSSR count). The predicted molar refractivity (Wildman–Crippen MR) is 97.8 cm³/mol. The summed E-state index contributed by atoms with van der Waals surface area (Å²) >= 11 is 0.